The van der Waals surface area contributed by atoms with Gasteiger partial charge in [-0.25, -0.2) is 9.78 Å². The minimum Gasteiger partial charge on any atom is -0.477 e. The number of ether oxygens (including phenoxy) is 1. The number of nitrogens with one attached hydrogen (secondary N) is 2. The van der Waals surface area contributed by atoms with Crippen molar-refractivity contribution in [3.63, 3.8) is 0 Å². The highest BCUT2D eigenvalue weighted by atomic mass is 16.5. The number of para-hydroxylation sites is 1. The maximum absolute atomic E-state index is 12.6. The zero-order valence-electron chi connectivity index (χ0n) is 14.8. The first-order valence-corrected chi connectivity index (χ1v) is 8.44. The number of rotatable bonds is 5. The minimum atomic E-state index is -1.36. The van der Waals surface area contributed by atoms with Gasteiger partial charge in [-0.1, -0.05) is 18.2 Å². The summed E-state index contributed by atoms with van der Waals surface area (Å²) in [7, 11) is 1.70. The van der Waals surface area contributed by atoms with E-state index in [-0.39, 0.29) is 11.6 Å². The molecule has 0 saturated carbocycles. The van der Waals surface area contributed by atoms with Gasteiger partial charge in [0.15, 0.2) is 11.3 Å². The SMILES string of the molecule is CN(NC1=C(C(=O)O)C(=O)C(=Cc2c[nH]c3ncccc23)O1)c1ccccc1. The van der Waals surface area contributed by atoms with E-state index in [0.717, 1.165) is 11.1 Å². The van der Waals surface area contributed by atoms with E-state index in [0.29, 0.717) is 11.2 Å². The highest BCUT2D eigenvalue weighted by Crippen LogP contribution is 2.28. The summed E-state index contributed by atoms with van der Waals surface area (Å²) in [5.74, 6) is -2.27. The van der Waals surface area contributed by atoms with E-state index < -0.39 is 17.3 Å². The van der Waals surface area contributed by atoms with E-state index in [9.17, 15) is 14.7 Å². The van der Waals surface area contributed by atoms with Gasteiger partial charge in [-0.2, -0.15) is 0 Å². The van der Waals surface area contributed by atoms with Crippen LogP contribution in [0.2, 0.25) is 0 Å². The van der Waals surface area contributed by atoms with E-state index >= 15 is 0 Å². The third-order valence-corrected chi connectivity index (χ3v) is 4.29. The van der Waals surface area contributed by atoms with Gasteiger partial charge < -0.3 is 14.8 Å². The second kappa shape index (κ2) is 6.92. The number of hydrazine groups is 1. The summed E-state index contributed by atoms with van der Waals surface area (Å²) in [4.78, 5) is 31.5. The number of aliphatic carboxylic acids is 1. The first-order chi connectivity index (χ1) is 13.5. The molecule has 0 unspecified atom stereocenters. The molecule has 2 aromatic heterocycles. The van der Waals surface area contributed by atoms with Gasteiger partial charge in [0.2, 0.25) is 11.7 Å². The Labute approximate surface area is 159 Å². The highest BCUT2D eigenvalue weighted by Gasteiger charge is 2.36. The van der Waals surface area contributed by atoms with Crippen LogP contribution in [0.4, 0.5) is 5.69 Å². The molecule has 0 radical (unpaired) electrons. The molecule has 0 saturated heterocycles. The fraction of sp³-hybridized carbons (Fsp3) is 0.0500. The van der Waals surface area contributed by atoms with Gasteiger partial charge in [-0.3, -0.25) is 15.2 Å². The molecule has 0 aliphatic carbocycles. The van der Waals surface area contributed by atoms with E-state index in [1.165, 1.54) is 6.08 Å². The topological polar surface area (TPSA) is 108 Å². The Morgan fingerprint density at radius 1 is 1.25 bits per heavy atom. The van der Waals surface area contributed by atoms with Crippen molar-refractivity contribution in [2.75, 3.05) is 12.1 Å². The van der Waals surface area contributed by atoms with Crippen molar-refractivity contribution in [3.05, 3.63) is 77.6 Å². The average molecular weight is 376 g/mol. The standard InChI is InChI=1S/C20H16N4O4/c1-24(13-6-3-2-4-7-13)23-19-16(20(26)27)17(25)15(28-19)10-12-11-22-18-14(12)8-5-9-21-18/h2-11,23H,1H3,(H,21,22)(H,26,27). The number of aromatic nitrogens is 2. The lowest BCUT2D eigenvalue weighted by Gasteiger charge is -2.21. The molecule has 140 valence electrons. The number of carboxylic acids is 1. The zero-order chi connectivity index (χ0) is 19.7. The van der Waals surface area contributed by atoms with Crippen LogP contribution < -0.4 is 10.4 Å². The number of ketones is 1. The first-order valence-electron chi connectivity index (χ1n) is 8.44. The number of fused-ring (bicyclic) bond motifs is 1. The van der Waals surface area contributed by atoms with Crippen molar-refractivity contribution < 1.29 is 19.4 Å². The van der Waals surface area contributed by atoms with Crippen LogP contribution in [0, 0.1) is 0 Å². The minimum absolute atomic E-state index is 0.0777. The third kappa shape index (κ3) is 3.07. The number of hydrogen-bond donors (Lipinski definition) is 3. The number of carbonyl (C=O) groups is 2. The average Bonchev–Trinajstić information content (AvgIpc) is 3.24. The Kier molecular flexibility index (Phi) is 4.29. The fourth-order valence-corrected chi connectivity index (χ4v) is 2.91. The van der Waals surface area contributed by atoms with Gasteiger partial charge in [0.25, 0.3) is 0 Å². The number of hydrogen-bond acceptors (Lipinski definition) is 6. The molecule has 0 fully saturated rings. The molecular weight excluding hydrogens is 360 g/mol. The number of carbonyl (C=O) groups excluding carboxylic acids is 1. The normalized spacial score (nSPS) is 15.2. The van der Waals surface area contributed by atoms with Crippen molar-refractivity contribution in [1.82, 2.24) is 15.4 Å². The predicted molar refractivity (Wildman–Crippen MR) is 103 cm³/mol. The van der Waals surface area contributed by atoms with Crippen molar-refractivity contribution in [3.8, 4) is 0 Å². The van der Waals surface area contributed by atoms with Gasteiger partial charge in [-0.15, -0.1) is 0 Å². The molecule has 28 heavy (non-hydrogen) atoms. The number of pyridine rings is 1. The van der Waals surface area contributed by atoms with Crippen LogP contribution in [0.15, 0.2) is 72.1 Å². The Balaban J connectivity index is 1.65. The van der Waals surface area contributed by atoms with E-state index in [2.05, 4.69) is 15.4 Å². The molecule has 0 bridgehead atoms. The quantitative estimate of drug-likeness (QED) is 0.357. The molecule has 4 rings (SSSR count). The maximum Gasteiger partial charge on any atom is 0.345 e. The second-order valence-electron chi connectivity index (χ2n) is 6.10. The summed E-state index contributed by atoms with van der Waals surface area (Å²) in [5, 5.41) is 11.9. The Bertz CT molecular complexity index is 1130. The molecule has 3 aromatic rings. The molecule has 1 aliphatic rings. The molecule has 0 amide bonds. The monoisotopic (exact) mass is 376 g/mol. The summed E-state index contributed by atoms with van der Waals surface area (Å²) >= 11 is 0. The lowest BCUT2D eigenvalue weighted by atomic mass is 10.1. The lowest BCUT2D eigenvalue weighted by molar-refractivity contribution is -0.134. The Morgan fingerprint density at radius 2 is 2.04 bits per heavy atom. The first kappa shape index (κ1) is 17.3. The molecular formula is C20H16N4O4. The van der Waals surface area contributed by atoms with Gasteiger partial charge in [-0.05, 0) is 30.3 Å². The zero-order valence-corrected chi connectivity index (χ0v) is 14.8. The van der Waals surface area contributed by atoms with Crippen LogP contribution in [0.3, 0.4) is 0 Å². The van der Waals surface area contributed by atoms with E-state index in [1.807, 2.05) is 36.4 Å². The van der Waals surface area contributed by atoms with Crippen molar-refractivity contribution in [1.29, 1.82) is 0 Å². The fourth-order valence-electron chi connectivity index (χ4n) is 2.91. The summed E-state index contributed by atoms with van der Waals surface area (Å²) in [5.41, 5.74) is 4.49. The molecule has 1 aromatic carbocycles. The number of aromatic amines is 1. The largest absolute Gasteiger partial charge is 0.477 e. The number of benzene rings is 1. The number of Topliss-reactive ketones (excluding diaryl/α,β-unsaturated/α-hetero) is 1. The Hall–Kier alpha value is -4.07. The summed E-state index contributed by atoms with van der Waals surface area (Å²) < 4.78 is 5.59. The van der Waals surface area contributed by atoms with Gasteiger partial charge >= 0.3 is 5.97 Å². The summed E-state index contributed by atoms with van der Waals surface area (Å²) in [6.07, 6.45) is 4.84. The smallest absolute Gasteiger partial charge is 0.345 e. The second-order valence-corrected chi connectivity index (χ2v) is 6.10. The van der Waals surface area contributed by atoms with Gasteiger partial charge in [0, 0.05) is 30.4 Å². The van der Waals surface area contributed by atoms with Crippen LogP contribution in [-0.2, 0) is 14.3 Å². The maximum atomic E-state index is 12.6. The van der Waals surface area contributed by atoms with Crippen molar-refractivity contribution >= 4 is 34.5 Å². The number of anilines is 1. The Morgan fingerprint density at radius 3 is 2.79 bits per heavy atom. The van der Waals surface area contributed by atoms with Crippen molar-refractivity contribution in [2.45, 2.75) is 0 Å². The summed E-state index contributed by atoms with van der Waals surface area (Å²) in [6, 6.07) is 12.8. The van der Waals surface area contributed by atoms with Crippen LogP contribution in [-0.4, -0.2) is 33.9 Å². The third-order valence-electron chi connectivity index (χ3n) is 4.29. The van der Waals surface area contributed by atoms with Crippen LogP contribution >= 0.6 is 0 Å². The van der Waals surface area contributed by atoms with Crippen LogP contribution in [0.5, 0.6) is 0 Å². The number of allylic oxidation sites excluding steroid dienone is 1. The number of carboxylic acid groups (broad SMARTS) is 1. The highest BCUT2D eigenvalue weighted by molar-refractivity contribution is 6.26. The predicted octanol–water partition coefficient (Wildman–Crippen LogP) is 2.44. The molecule has 8 heteroatoms. The molecule has 3 heterocycles. The van der Waals surface area contributed by atoms with Gasteiger partial charge in [0.1, 0.15) is 5.65 Å². The van der Waals surface area contributed by atoms with E-state index in [1.54, 1.807) is 30.5 Å². The number of H-pyrrole nitrogens is 1. The van der Waals surface area contributed by atoms with Crippen LogP contribution in [0.25, 0.3) is 17.1 Å². The van der Waals surface area contributed by atoms with E-state index in [4.69, 9.17) is 4.74 Å². The molecule has 0 spiro atoms. The molecule has 8 nitrogen and oxygen atoms in total. The van der Waals surface area contributed by atoms with Crippen LogP contribution in [0.1, 0.15) is 5.56 Å². The molecule has 1 aliphatic heterocycles. The lowest BCUT2D eigenvalue weighted by Crippen LogP contribution is -2.34. The molecule has 3 N–H and O–H groups in total. The van der Waals surface area contributed by atoms with Crippen molar-refractivity contribution in [2.24, 2.45) is 0 Å². The number of nitrogens with zero attached hydrogens (tertiary/aromatic N) is 2. The molecule has 0 atom stereocenters. The summed E-state index contributed by atoms with van der Waals surface area (Å²) in [6.45, 7) is 0. The van der Waals surface area contributed by atoms with Gasteiger partial charge in [0.05, 0.1) is 5.69 Å².